The summed E-state index contributed by atoms with van der Waals surface area (Å²) in [4.78, 5) is 24.8. The molecule has 5 nitrogen and oxygen atoms in total. The van der Waals surface area contributed by atoms with E-state index in [0.717, 1.165) is 24.6 Å². The van der Waals surface area contributed by atoms with Crippen LogP contribution in [0.5, 0.6) is 0 Å². The molecule has 1 rings (SSSR count). The molecule has 0 aromatic carbocycles. The van der Waals surface area contributed by atoms with Crippen molar-refractivity contribution in [1.29, 1.82) is 0 Å². The van der Waals surface area contributed by atoms with Crippen LogP contribution in [-0.4, -0.2) is 53.6 Å². The summed E-state index contributed by atoms with van der Waals surface area (Å²) in [5, 5.41) is 2.48. The van der Waals surface area contributed by atoms with Gasteiger partial charge in [0.05, 0.1) is 0 Å². The van der Waals surface area contributed by atoms with Gasteiger partial charge in [-0.1, -0.05) is 0 Å². The molecule has 0 aromatic heterocycles. The highest BCUT2D eigenvalue weighted by Crippen LogP contribution is 2.09. The van der Waals surface area contributed by atoms with Crippen molar-refractivity contribution in [2.24, 2.45) is 0 Å². The molecule has 6 heteroatoms. The Hall–Kier alpha value is -0.910. The topological polar surface area (TPSA) is 58.6 Å². The van der Waals surface area contributed by atoms with Gasteiger partial charge in [0.15, 0.2) is 0 Å². The predicted octanol–water partition coefficient (Wildman–Crippen LogP) is 1.09. The second kappa shape index (κ2) is 6.14. The van der Waals surface area contributed by atoms with E-state index in [1.165, 1.54) is 0 Å². The minimum absolute atomic E-state index is 0.0135. The molecule has 0 radical (unpaired) electrons. The quantitative estimate of drug-likeness (QED) is 0.807. The van der Waals surface area contributed by atoms with E-state index in [1.54, 1.807) is 25.7 Å². The van der Waals surface area contributed by atoms with Gasteiger partial charge in [0.1, 0.15) is 12.1 Å². The number of nitrogens with zero attached hydrogens (tertiary/aromatic N) is 1. The molecule has 17 heavy (non-hydrogen) atoms. The fraction of sp³-hybridized carbons (Fsp3) is 0.818. The Morgan fingerprint density at radius 1 is 1.29 bits per heavy atom. The second-order valence-corrected chi connectivity index (χ2v) is 6.07. The number of carbonyl (C=O) groups excluding carboxylic acids is 2. The van der Waals surface area contributed by atoms with Crippen molar-refractivity contribution in [2.45, 2.75) is 26.4 Å². The van der Waals surface area contributed by atoms with Crippen molar-refractivity contribution < 1.29 is 14.3 Å². The average molecular weight is 260 g/mol. The van der Waals surface area contributed by atoms with Gasteiger partial charge in [0.2, 0.25) is 5.91 Å². The summed E-state index contributed by atoms with van der Waals surface area (Å²) in [6.45, 7) is 6.90. The lowest BCUT2D eigenvalue weighted by Gasteiger charge is -2.26. The molecule has 1 saturated heterocycles. The van der Waals surface area contributed by atoms with Crippen molar-refractivity contribution in [3.05, 3.63) is 0 Å². The molecule has 0 saturated carbocycles. The van der Waals surface area contributed by atoms with Crippen molar-refractivity contribution in [2.75, 3.05) is 31.1 Å². The molecule has 1 aliphatic rings. The SMILES string of the molecule is CC(C)(C)OC(=O)NCC(=O)N1CCSCC1. The summed E-state index contributed by atoms with van der Waals surface area (Å²) < 4.78 is 5.05. The van der Waals surface area contributed by atoms with Crippen LogP contribution in [0.25, 0.3) is 0 Å². The molecule has 0 unspecified atom stereocenters. The third-order valence-corrected chi connectivity index (χ3v) is 3.09. The molecule has 98 valence electrons. The van der Waals surface area contributed by atoms with Gasteiger partial charge < -0.3 is 15.0 Å². The summed E-state index contributed by atoms with van der Waals surface area (Å²) in [6.07, 6.45) is -0.544. The molecule has 0 aliphatic carbocycles. The Morgan fingerprint density at radius 2 is 1.88 bits per heavy atom. The van der Waals surface area contributed by atoms with Crippen LogP contribution in [0.1, 0.15) is 20.8 Å². The zero-order valence-corrected chi connectivity index (χ0v) is 11.4. The highest BCUT2D eigenvalue weighted by Gasteiger charge is 2.19. The van der Waals surface area contributed by atoms with Gasteiger partial charge in [0.25, 0.3) is 0 Å². The second-order valence-electron chi connectivity index (χ2n) is 4.85. The van der Waals surface area contributed by atoms with Gasteiger partial charge in [0, 0.05) is 24.6 Å². The molecule has 2 amide bonds. The zero-order chi connectivity index (χ0) is 12.9. The number of rotatable bonds is 2. The van der Waals surface area contributed by atoms with E-state index in [2.05, 4.69) is 5.32 Å². The molecule has 1 fully saturated rings. The zero-order valence-electron chi connectivity index (χ0n) is 10.6. The van der Waals surface area contributed by atoms with Crippen LogP contribution in [0, 0.1) is 0 Å². The summed E-state index contributed by atoms with van der Waals surface area (Å²) in [6, 6.07) is 0. The van der Waals surface area contributed by atoms with Crippen molar-refractivity contribution in [3.8, 4) is 0 Å². The minimum Gasteiger partial charge on any atom is -0.444 e. The van der Waals surface area contributed by atoms with Crippen LogP contribution in [-0.2, 0) is 9.53 Å². The fourth-order valence-corrected chi connectivity index (χ4v) is 2.29. The van der Waals surface area contributed by atoms with Gasteiger partial charge in [-0.15, -0.1) is 0 Å². The first-order valence-corrected chi connectivity index (χ1v) is 6.86. The molecule has 1 N–H and O–H groups in total. The van der Waals surface area contributed by atoms with Gasteiger partial charge >= 0.3 is 6.09 Å². The van der Waals surface area contributed by atoms with Crippen LogP contribution in [0.2, 0.25) is 0 Å². The third-order valence-electron chi connectivity index (χ3n) is 2.15. The lowest BCUT2D eigenvalue weighted by atomic mass is 10.2. The molecule has 0 spiro atoms. The number of thioether (sulfide) groups is 1. The monoisotopic (exact) mass is 260 g/mol. The lowest BCUT2D eigenvalue weighted by Crippen LogP contribution is -2.44. The summed E-state index contributed by atoms with van der Waals surface area (Å²) in [5.41, 5.74) is -0.533. The molecular weight excluding hydrogens is 240 g/mol. The van der Waals surface area contributed by atoms with Crippen LogP contribution < -0.4 is 5.32 Å². The molecular formula is C11H20N2O3S. The van der Waals surface area contributed by atoms with Crippen molar-refractivity contribution >= 4 is 23.8 Å². The molecule has 0 bridgehead atoms. The Balaban J connectivity index is 2.25. The van der Waals surface area contributed by atoms with E-state index >= 15 is 0 Å². The maximum Gasteiger partial charge on any atom is 0.408 e. The van der Waals surface area contributed by atoms with Gasteiger partial charge in [-0.2, -0.15) is 11.8 Å². The first-order valence-electron chi connectivity index (χ1n) is 5.71. The molecule has 1 heterocycles. The first kappa shape index (κ1) is 14.2. The first-order chi connectivity index (χ1) is 7.88. The largest absolute Gasteiger partial charge is 0.444 e. The number of hydrogen-bond donors (Lipinski definition) is 1. The fourth-order valence-electron chi connectivity index (χ4n) is 1.39. The Labute approximate surface area is 106 Å². The highest BCUT2D eigenvalue weighted by atomic mass is 32.2. The van der Waals surface area contributed by atoms with Crippen LogP contribution in [0.15, 0.2) is 0 Å². The number of amides is 2. The van der Waals surface area contributed by atoms with Crippen molar-refractivity contribution in [1.82, 2.24) is 10.2 Å². The number of hydrogen-bond acceptors (Lipinski definition) is 4. The van der Waals surface area contributed by atoms with Crippen LogP contribution in [0.3, 0.4) is 0 Å². The molecule has 0 atom stereocenters. The highest BCUT2D eigenvalue weighted by molar-refractivity contribution is 7.99. The van der Waals surface area contributed by atoms with Gasteiger partial charge in [-0.25, -0.2) is 4.79 Å². The minimum atomic E-state index is -0.544. The number of ether oxygens (including phenoxy) is 1. The van der Waals surface area contributed by atoms with Gasteiger partial charge in [-0.05, 0) is 20.8 Å². The van der Waals surface area contributed by atoms with E-state index in [0.29, 0.717) is 0 Å². The third kappa shape index (κ3) is 5.81. The average Bonchev–Trinajstić information content (AvgIpc) is 2.25. The predicted molar refractivity (Wildman–Crippen MR) is 68.1 cm³/mol. The van der Waals surface area contributed by atoms with Crippen molar-refractivity contribution in [3.63, 3.8) is 0 Å². The Kier molecular flexibility index (Phi) is 5.11. The lowest BCUT2D eigenvalue weighted by molar-refractivity contribution is -0.129. The smallest absolute Gasteiger partial charge is 0.408 e. The normalized spacial score (nSPS) is 16.5. The van der Waals surface area contributed by atoms with Crippen LogP contribution in [0.4, 0.5) is 4.79 Å². The number of alkyl carbamates (subject to hydrolysis) is 1. The Morgan fingerprint density at radius 3 is 2.41 bits per heavy atom. The Bertz CT molecular complexity index is 283. The van der Waals surface area contributed by atoms with E-state index in [1.807, 2.05) is 11.8 Å². The molecule has 0 aromatic rings. The summed E-state index contributed by atoms with van der Waals surface area (Å²) in [7, 11) is 0. The summed E-state index contributed by atoms with van der Waals surface area (Å²) >= 11 is 1.84. The maximum atomic E-state index is 11.7. The number of carbonyl (C=O) groups is 2. The van der Waals surface area contributed by atoms with E-state index in [4.69, 9.17) is 4.74 Å². The molecule has 1 aliphatic heterocycles. The summed E-state index contributed by atoms with van der Waals surface area (Å²) in [5.74, 6) is 1.90. The van der Waals surface area contributed by atoms with E-state index < -0.39 is 11.7 Å². The number of nitrogens with one attached hydrogen (secondary N) is 1. The van der Waals surface area contributed by atoms with E-state index in [9.17, 15) is 9.59 Å². The van der Waals surface area contributed by atoms with E-state index in [-0.39, 0.29) is 12.5 Å². The standard InChI is InChI=1S/C11H20N2O3S/c1-11(2,3)16-10(15)12-8-9(14)13-4-6-17-7-5-13/h4-8H2,1-3H3,(H,12,15). The maximum absolute atomic E-state index is 11.7. The van der Waals surface area contributed by atoms with Crippen LogP contribution >= 0.6 is 11.8 Å². The van der Waals surface area contributed by atoms with Gasteiger partial charge in [-0.3, -0.25) is 4.79 Å².